The zero-order valence-electron chi connectivity index (χ0n) is 12.0. The van der Waals surface area contributed by atoms with Gasteiger partial charge in [0.05, 0.1) is 5.02 Å². The largest absolute Gasteiger partial charge is 0.349 e. The first kappa shape index (κ1) is 15.8. The van der Waals surface area contributed by atoms with Crippen molar-refractivity contribution < 1.29 is 9.59 Å². The van der Waals surface area contributed by atoms with Crippen LogP contribution < -0.4 is 10.6 Å². The van der Waals surface area contributed by atoms with E-state index in [-0.39, 0.29) is 27.8 Å². The zero-order chi connectivity index (χ0) is 16.4. The molecule has 2 N–H and O–H groups in total. The number of benzene rings is 1. The Morgan fingerprint density at radius 1 is 1.09 bits per heavy atom. The van der Waals surface area contributed by atoms with Crippen LogP contribution in [0.2, 0.25) is 10.2 Å². The quantitative estimate of drug-likeness (QED) is 0.829. The lowest BCUT2D eigenvalue weighted by Gasteiger charge is -2.08. The predicted molar refractivity (Wildman–Crippen MR) is 89.1 cm³/mol. The highest BCUT2D eigenvalue weighted by Gasteiger charge is 2.24. The van der Waals surface area contributed by atoms with Crippen molar-refractivity contribution in [3.05, 3.63) is 57.8 Å². The van der Waals surface area contributed by atoms with Crippen LogP contribution >= 0.6 is 23.2 Å². The van der Waals surface area contributed by atoms with Gasteiger partial charge in [-0.25, -0.2) is 4.98 Å². The molecule has 7 heteroatoms. The van der Waals surface area contributed by atoms with Gasteiger partial charge in [-0.1, -0.05) is 29.3 Å². The van der Waals surface area contributed by atoms with Gasteiger partial charge in [-0.15, -0.1) is 0 Å². The maximum Gasteiger partial charge on any atom is 0.275 e. The van der Waals surface area contributed by atoms with E-state index in [1.807, 2.05) is 0 Å². The number of halogens is 2. The van der Waals surface area contributed by atoms with Gasteiger partial charge in [-0.05, 0) is 43.2 Å². The number of nitrogens with one attached hydrogen (secondary N) is 2. The van der Waals surface area contributed by atoms with Crippen molar-refractivity contribution in [2.75, 3.05) is 5.32 Å². The van der Waals surface area contributed by atoms with Crippen molar-refractivity contribution >= 4 is 40.7 Å². The number of carbonyl (C=O) groups is 2. The second-order valence-electron chi connectivity index (χ2n) is 5.25. The van der Waals surface area contributed by atoms with Crippen LogP contribution in [-0.4, -0.2) is 22.8 Å². The van der Waals surface area contributed by atoms with Crippen molar-refractivity contribution in [2.45, 2.75) is 18.9 Å². The van der Waals surface area contributed by atoms with Crippen molar-refractivity contribution in [1.82, 2.24) is 10.3 Å². The van der Waals surface area contributed by atoms with Gasteiger partial charge in [0.1, 0.15) is 10.8 Å². The molecule has 0 unspecified atom stereocenters. The Labute approximate surface area is 143 Å². The summed E-state index contributed by atoms with van der Waals surface area (Å²) in [6, 6.07) is 9.96. The van der Waals surface area contributed by atoms with E-state index in [1.54, 1.807) is 24.3 Å². The Balaban J connectivity index is 1.75. The molecule has 118 valence electrons. The van der Waals surface area contributed by atoms with E-state index in [2.05, 4.69) is 15.6 Å². The van der Waals surface area contributed by atoms with E-state index < -0.39 is 5.91 Å². The Bertz CT molecular complexity index is 776. The average molecular weight is 350 g/mol. The molecule has 5 nitrogen and oxygen atoms in total. The summed E-state index contributed by atoms with van der Waals surface area (Å²) in [5.74, 6) is -0.639. The topological polar surface area (TPSA) is 71.1 Å². The summed E-state index contributed by atoms with van der Waals surface area (Å²) >= 11 is 11.7. The van der Waals surface area contributed by atoms with Crippen LogP contribution in [0.5, 0.6) is 0 Å². The average Bonchev–Trinajstić information content (AvgIpc) is 3.34. The molecule has 1 heterocycles. The number of hydrogen-bond donors (Lipinski definition) is 2. The predicted octanol–water partition coefficient (Wildman–Crippen LogP) is 3.53. The van der Waals surface area contributed by atoms with Gasteiger partial charge in [0.15, 0.2) is 0 Å². The molecule has 0 bridgehead atoms. The minimum atomic E-state index is -0.489. The van der Waals surface area contributed by atoms with Gasteiger partial charge < -0.3 is 10.6 Å². The van der Waals surface area contributed by atoms with Crippen molar-refractivity contribution in [1.29, 1.82) is 0 Å². The van der Waals surface area contributed by atoms with E-state index in [9.17, 15) is 9.59 Å². The number of rotatable bonds is 4. The van der Waals surface area contributed by atoms with E-state index in [0.717, 1.165) is 12.8 Å². The molecule has 0 spiro atoms. The molecule has 0 atom stereocenters. The first-order valence-corrected chi connectivity index (χ1v) is 7.83. The molecule has 2 aromatic rings. The number of carbonyl (C=O) groups excluding carboxylic acids is 2. The maximum atomic E-state index is 12.2. The summed E-state index contributed by atoms with van der Waals surface area (Å²) in [4.78, 5) is 28.2. The zero-order valence-corrected chi connectivity index (χ0v) is 13.5. The lowest BCUT2D eigenvalue weighted by molar-refractivity contribution is 0.0949. The first-order valence-electron chi connectivity index (χ1n) is 7.07. The van der Waals surface area contributed by atoms with E-state index in [4.69, 9.17) is 23.2 Å². The van der Waals surface area contributed by atoms with Gasteiger partial charge in [-0.3, -0.25) is 9.59 Å². The maximum absolute atomic E-state index is 12.2. The van der Waals surface area contributed by atoms with Crippen LogP contribution in [0.1, 0.15) is 33.7 Å². The molecular formula is C16H13Cl2N3O2. The molecule has 1 fully saturated rings. The third-order valence-electron chi connectivity index (χ3n) is 3.32. The molecule has 0 radical (unpaired) electrons. The monoisotopic (exact) mass is 349 g/mol. The van der Waals surface area contributed by atoms with Crippen LogP contribution in [0.4, 0.5) is 5.69 Å². The Morgan fingerprint density at radius 3 is 2.61 bits per heavy atom. The van der Waals surface area contributed by atoms with Gasteiger partial charge in [0.25, 0.3) is 11.8 Å². The van der Waals surface area contributed by atoms with Gasteiger partial charge in [-0.2, -0.15) is 0 Å². The second-order valence-corrected chi connectivity index (χ2v) is 6.04. The number of hydrogen-bond acceptors (Lipinski definition) is 3. The smallest absolute Gasteiger partial charge is 0.275 e. The minimum Gasteiger partial charge on any atom is -0.349 e. The molecule has 1 aliphatic rings. The van der Waals surface area contributed by atoms with Crippen molar-refractivity contribution in [2.24, 2.45) is 0 Å². The van der Waals surface area contributed by atoms with E-state index in [0.29, 0.717) is 11.3 Å². The summed E-state index contributed by atoms with van der Waals surface area (Å²) in [7, 11) is 0. The molecule has 3 rings (SSSR count). The molecule has 0 aliphatic heterocycles. The fourth-order valence-electron chi connectivity index (χ4n) is 2.00. The summed E-state index contributed by atoms with van der Waals surface area (Å²) in [5.41, 5.74) is 1.00. The molecule has 23 heavy (non-hydrogen) atoms. The van der Waals surface area contributed by atoms with Crippen molar-refractivity contribution in [3.8, 4) is 0 Å². The number of amides is 2. The molecular weight excluding hydrogens is 337 g/mol. The molecule has 1 aromatic carbocycles. The fourth-order valence-corrected chi connectivity index (χ4v) is 2.34. The van der Waals surface area contributed by atoms with Crippen LogP contribution in [0.3, 0.4) is 0 Å². The van der Waals surface area contributed by atoms with Gasteiger partial charge in [0.2, 0.25) is 0 Å². The highest BCUT2D eigenvalue weighted by atomic mass is 35.5. The number of anilines is 1. The van der Waals surface area contributed by atoms with E-state index >= 15 is 0 Å². The third-order valence-corrected chi connectivity index (χ3v) is 3.84. The molecule has 1 aromatic heterocycles. The van der Waals surface area contributed by atoms with Gasteiger partial charge in [0, 0.05) is 17.3 Å². The summed E-state index contributed by atoms with van der Waals surface area (Å²) in [6.45, 7) is 0. The Morgan fingerprint density at radius 2 is 1.87 bits per heavy atom. The summed E-state index contributed by atoms with van der Waals surface area (Å²) < 4.78 is 0. The van der Waals surface area contributed by atoms with Crippen LogP contribution in [0, 0.1) is 0 Å². The van der Waals surface area contributed by atoms with Crippen LogP contribution in [-0.2, 0) is 0 Å². The Kier molecular flexibility index (Phi) is 4.50. The highest BCUT2D eigenvalue weighted by molar-refractivity contribution is 6.35. The molecule has 1 saturated carbocycles. The highest BCUT2D eigenvalue weighted by Crippen LogP contribution is 2.21. The summed E-state index contributed by atoms with van der Waals surface area (Å²) in [6.07, 6.45) is 2.03. The molecule has 2 amide bonds. The van der Waals surface area contributed by atoms with Crippen LogP contribution in [0.25, 0.3) is 0 Å². The van der Waals surface area contributed by atoms with Gasteiger partial charge >= 0.3 is 0 Å². The second kappa shape index (κ2) is 6.56. The first-order chi connectivity index (χ1) is 11.0. The fraction of sp³-hybridized carbons (Fsp3) is 0.188. The number of pyridine rings is 1. The summed E-state index contributed by atoms with van der Waals surface area (Å²) in [5, 5.41) is 5.94. The lowest BCUT2D eigenvalue weighted by Crippen LogP contribution is -2.25. The molecule has 1 aliphatic carbocycles. The standard InChI is InChI=1S/C16H13Cl2N3O2/c17-12-6-7-13(18)21-14(12)16(23)20-11-3-1-2-9(8-11)15(22)19-10-4-5-10/h1-3,6-8,10H,4-5H2,(H,19,22)(H,20,23). The van der Waals surface area contributed by atoms with E-state index in [1.165, 1.54) is 12.1 Å². The number of nitrogens with zero attached hydrogens (tertiary/aromatic N) is 1. The van der Waals surface area contributed by atoms with Crippen LogP contribution in [0.15, 0.2) is 36.4 Å². The normalized spacial score (nSPS) is 13.5. The van der Waals surface area contributed by atoms with Crippen molar-refractivity contribution in [3.63, 3.8) is 0 Å². The Hall–Kier alpha value is -2.11. The SMILES string of the molecule is O=C(NC1CC1)c1cccc(NC(=O)c2nc(Cl)ccc2Cl)c1. The minimum absolute atomic E-state index is 0.0343. The third kappa shape index (κ3) is 4.00. The molecule has 0 saturated heterocycles. The lowest BCUT2D eigenvalue weighted by atomic mass is 10.2. The number of aromatic nitrogens is 1.